The van der Waals surface area contributed by atoms with Gasteiger partial charge in [-0.15, -0.1) is 0 Å². The monoisotopic (exact) mass is 331 g/mol. The molecule has 0 spiro atoms. The molecule has 24 heavy (non-hydrogen) atoms. The molecule has 6 nitrogen and oxygen atoms in total. The fourth-order valence-corrected chi connectivity index (χ4v) is 3.18. The Labute approximate surface area is 136 Å². The quantitative estimate of drug-likeness (QED) is 0.771. The first kappa shape index (κ1) is 14.7. The first-order chi connectivity index (χ1) is 11.5. The lowest BCUT2D eigenvalue weighted by Crippen LogP contribution is -2.48. The number of hydrogen-bond donors (Lipinski definition) is 2. The van der Waals surface area contributed by atoms with Crippen LogP contribution in [0.5, 0.6) is 0 Å². The van der Waals surface area contributed by atoms with E-state index in [1.54, 1.807) is 19.3 Å². The van der Waals surface area contributed by atoms with Crippen LogP contribution in [0, 0.1) is 0 Å². The number of allylic oxidation sites excluding steroid dienone is 1. The fourth-order valence-electron chi connectivity index (χ4n) is 3.18. The van der Waals surface area contributed by atoms with Gasteiger partial charge in [0, 0.05) is 29.7 Å². The van der Waals surface area contributed by atoms with Crippen LogP contribution in [0.3, 0.4) is 0 Å². The molecule has 0 saturated heterocycles. The fraction of sp³-hybridized carbons (Fsp3) is 0.250. The van der Waals surface area contributed by atoms with E-state index in [4.69, 9.17) is 4.84 Å². The summed E-state index contributed by atoms with van der Waals surface area (Å²) in [4.78, 5) is 13.1. The number of nitrogens with zero attached hydrogens (tertiary/aromatic N) is 3. The molecule has 124 valence electrons. The van der Waals surface area contributed by atoms with Crippen LogP contribution in [0.25, 0.3) is 16.6 Å². The summed E-state index contributed by atoms with van der Waals surface area (Å²) in [5.74, 6) is 0.409. The molecule has 1 atom stereocenters. The van der Waals surface area contributed by atoms with Gasteiger partial charge in [0.25, 0.3) is 6.43 Å². The third-order valence-electron chi connectivity index (χ3n) is 4.34. The third kappa shape index (κ3) is 1.92. The minimum Gasteiger partial charge on any atom is -0.383 e. The Morgan fingerprint density at radius 3 is 2.88 bits per heavy atom. The number of aromatic nitrogens is 4. The van der Waals surface area contributed by atoms with Crippen LogP contribution >= 0.6 is 0 Å². The van der Waals surface area contributed by atoms with Crippen molar-refractivity contribution in [3.63, 3.8) is 0 Å². The van der Waals surface area contributed by atoms with Gasteiger partial charge < -0.3 is 9.82 Å². The number of fused-ring (bicyclic) bond motifs is 1. The van der Waals surface area contributed by atoms with Gasteiger partial charge in [-0.2, -0.15) is 10.2 Å². The van der Waals surface area contributed by atoms with Crippen molar-refractivity contribution in [3.8, 4) is 0 Å². The second-order valence-electron chi connectivity index (χ2n) is 5.86. The molecule has 4 rings (SSSR count). The number of halogens is 2. The number of H-pyrrole nitrogens is 2. The number of nitrogens with one attached hydrogen (secondary N) is 2. The lowest BCUT2D eigenvalue weighted by atomic mass is 9.86. The number of rotatable bonds is 3. The predicted octanol–water partition coefficient (Wildman–Crippen LogP) is 3.49. The lowest BCUT2D eigenvalue weighted by molar-refractivity contribution is 0.0442. The normalized spacial score (nSPS) is 21.1. The minimum atomic E-state index is -2.68. The van der Waals surface area contributed by atoms with Gasteiger partial charge in [-0.05, 0) is 26.0 Å². The van der Waals surface area contributed by atoms with E-state index in [2.05, 4.69) is 20.2 Å². The molecule has 8 heteroatoms. The number of aromatic amines is 2. The SMILES string of the molecule is CC1=C(c2cnc3cc[nH]c3c2)C(C)(C(F)F)N(c2cn[nH]c2)O1. The Morgan fingerprint density at radius 2 is 2.17 bits per heavy atom. The Morgan fingerprint density at radius 1 is 1.33 bits per heavy atom. The van der Waals surface area contributed by atoms with Crippen LogP contribution in [0.1, 0.15) is 19.4 Å². The molecule has 4 heterocycles. The zero-order valence-electron chi connectivity index (χ0n) is 13.0. The molecule has 0 bridgehead atoms. The molecule has 3 aromatic heterocycles. The van der Waals surface area contributed by atoms with E-state index in [-0.39, 0.29) is 0 Å². The van der Waals surface area contributed by atoms with E-state index in [9.17, 15) is 8.78 Å². The summed E-state index contributed by atoms with van der Waals surface area (Å²) in [7, 11) is 0. The van der Waals surface area contributed by atoms with E-state index in [0.717, 1.165) is 11.0 Å². The smallest absolute Gasteiger partial charge is 0.268 e. The van der Waals surface area contributed by atoms with Crippen LogP contribution < -0.4 is 5.06 Å². The van der Waals surface area contributed by atoms with Crippen LogP contribution in [0.2, 0.25) is 0 Å². The molecule has 0 aromatic carbocycles. The van der Waals surface area contributed by atoms with Crippen LogP contribution in [0.4, 0.5) is 14.5 Å². The molecule has 3 aromatic rings. The van der Waals surface area contributed by atoms with Crippen molar-refractivity contribution in [2.45, 2.75) is 25.8 Å². The summed E-state index contributed by atoms with van der Waals surface area (Å²) in [6, 6.07) is 3.64. The van der Waals surface area contributed by atoms with Gasteiger partial charge in [0.05, 0.1) is 17.2 Å². The highest BCUT2D eigenvalue weighted by Gasteiger charge is 2.53. The molecular weight excluding hydrogens is 316 g/mol. The van der Waals surface area contributed by atoms with E-state index in [0.29, 0.717) is 22.6 Å². The van der Waals surface area contributed by atoms with Crippen molar-refractivity contribution in [2.75, 3.05) is 5.06 Å². The van der Waals surface area contributed by atoms with E-state index < -0.39 is 12.0 Å². The molecule has 0 aliphatic carbocycles. The van der Waals surface area contributed by atoms with Crippen LogP contribution in [-0.4, -0.2) is 32.1 Å². The topological polar surface area (TPSA) is 69.8 Å². The average molecular weight is 331 g/mol. The van der Waals surface area contributed by atoms with Crippen molar-refractivity contribution >= 4 is 22.3 Å². The van der Waals surface area contributed by atoms with Crippen molar-refractivity contribution < 1.29 is 13.6 Å². The van der Waals surface area contributed by atoms with Crippen molar-refractivity contribution in [1.82, 2.24) is 20.2 Å². The first-order valence-electron chi connectivity index (χ1n) is 7.42. The summed E-state index contributed by atoms with van der Waals surface area (Å²) in [5.41, 5.74) is 1.34. The number of hydroxylamine groups is 1. The zero-order chi connectivity index (χ0) is 16.9. The number of alkyl halides is 2. The molecule has 1 aliphatic heterocycles. The van der Waals surface area contributed by atoms with Crippen LogP contribution in [0.15, 0.2) is 42.7 Å². The largest absolute Gasteiger partial charge is 0.383 e. The van der Waals surface area contributed by atoms with Gasteiger partial charge in [0.15, 0.2) is 5.54 Å². The van der Waals surface area contributed by atoms with Crippen molar-refractivity contribution in [3.05, 3.63) is 48.2 Å². The first-order valence-corrected chi connectivity index (χ1v) is 7.42. The summed E-state index contributed by atoms with van der Waals surface area (Å²) in [6.45, 7) is 3.13. The molecule has 0 saturated carbocycles. The van der Waals surface area contributed by atoms with E-state index in [1.807, 2.05) is 12.1 Å². The second kappa shape index (κ2) is 5.05. The van der Waals surface area contributed by atoms with Gasteiger partial charge in [-0.3, -0.25) is 10.1 Å². The maximum Gasteiger partial charge on any atom is 0.268 e. The maximum absolute atomic E-state index is 14.1. The zero-order valence-corrected chi connectivity index (χ0v) is 13.0. The summed E-state index contributed by atoms with van der Waals surface area (Å²) >= 11 is 0. The molecule has 2 N–H and O–H groups in total. The van der Waals surface area contributed by atoms with E-state index >= 15 is 0 Å². The Bertz CT molecular complexity index is 918. The van der Waals surface area contributed by atoms with Gasteiger partial charge in [-0.25, -0.2) is 8.78 Å². The Balaban J connectivity index is 1.87. The standard InChI is InChI=1S/C16H15F2N5O/c1-9-14(10-5-13-12(20-6-10)3-4-19-13)16(2,15(17)18)23(24-9)11-7-21-22-8-11/h3-8,15,19H,1-2H3,(H,21,22). The molecular formula is C16H15F2N5O. The van der Waals surface area contributed by atoms with Crippen molar-refractivity contribution in [2.24, 2.45) is 0 Å². The molecule has 0 fully saturated rings. The summed E-state index contributed by atoms with van der Waals surface area (Å²) in [5, 5.41) is 7.64. The van der Waals surface area contributed by atoms with E-state index in [1.165, 1.54) is 24.4 Å². The van der Waals surface area contributed by atoms with Gasteiger partial charge >= 0.3 is 0 Å². The Kier molecular flexibility index (Phi) is 3.09. The van der Waals surface area contributed by atoms with Gasteiger partial charge in [0.1, 0.15) is 11.4 Å². The number of hydrogen-bond acceptors (Lipinski definition) is 4. The number of pyridine rings is 1. The molecule has 1 aliphatic rings. The highest BCUT2D eigenvalue weighted by atomic mass is 19.3. The second-order valence-corrected chi connectivity index (χ2v) is 5.86. The summed E-state index contributed by atoms with van der Waals surface area (Å²) < 4.78 is 28.2. The molecule has 0 amide bonds. The average Bonchev–Trinajstić information content (AvgIpc) is 3.26. The van der Waals surface area contributed by atoms with Crippen molar-refractivity contribution in [1.29, 1.82) is 0 Å². The maximum atomic E-state index is 14.1. The van der Waals surface area contributed by atoms with Crippen LogP contribution in [-0.2, 0) is 4.84 Å². The third-order valence-corrected chi connectivity index (χ3v) is 4.34. The summed E-state index contributed by atoms with van der Waals surface area (Å²) in [6.07, 6.45) is 3.64. The molecule has 0 radical (unpaired) electrons. The molecule has 1 unspecified atom stereocenters. The highest BCUT2D eigenvalue weighted by Crippen LogP contribution is 2.47. The lowest BCUT2D eigenvalue weighted by Gasteiger charge is -2.34. The minimum absolute atomic E-state index is 0.405. The predicted molar refractivity (Wildman–Crippen MR) is 85.2 cm³/mol. The highest BCUT2D eigenvalue weighted by molar-refractivity contribution is 5.85. The number of anilines is 1. The van der Waals surface area contributed by atoms with Gasteiger partial charge in [0.2, 0.25) is 0 Å². The van der Waals surface area contributed by atoms with Gasteiger partial charge in [-0.1, -0.05) is 0 Å². The Hall–Kier alpha value is -2.90.